The molecule has 0 saturated carbocycles. The first-order valence-corrected chi connectivity index (χ1v) is 5.30. The van der Waals surface area contributed by atoms with Crippen LogP contribution < -0.4 is 11.1 Å². The summed E-state index contributed by atoms with van der Waals surface area (Å²) in [6.45, 7) is 1.93. The van der Waals surface area contributed by atoms with Gasteiger partial charge in [0.25, 0.3) is 0 Å². The van der Waals surface area contributed by atoms with Gasteiger partial charge in [0.05, 0.1) is 19.3 Å². The van der Waals surface area contributed by atoms with Crippen molar-refractivity contribution in [2.45, 2.75) is 6.54 Å². The van der Waals surface area contributed by atoms with Crippen LogP contribution in [-0.4, -0.2) is 58.3 Å². The maximum Gasteiger partial charge on any atom is 0.358 e. The number of hydrogen-bond acceptors (Lipinski definition) is 6. The quantitative estimate of drug-likeness (QED) is 0.439. The lowest BCUT2D eigenvalue weighted by Crippen LogP contribution is -2.26. The number of ether oxygens (including phenoxy) is 1. The minimum absolute atomic E-state index is 0.0835. The van der Waals surface area contributed by atoms with Gasteiger partial charge in [-0.2, -0.15) is 0 Å². The van der Waals surface area contributed by atoms with Crippen molar-refractivity contribution in [1.82, 2.24) is 20.3 Å². The number of hydrogen-bond donors (Lipinski definition) is 3. The van der Waals surface area contributed by atoms with E-state index in [0.717, 1.165) is 0 Å². The van der Waals surface area contributed by atoms with Gasteiger partial charge in [0.1, 0.15) is 6.61 Å². The van der Waals surface area contributed by atoms with E-state index in [1.807, 2.05) is 0 Å². The molecule has 0 fully saturated rings. The molecular weight excluding hydrogens is 242 g/mol. The van der Waals surface area contributed by atoms with E-state index in [-0.39, 0.29) is 12.3 Å². The summed E-state index contributed by atoms with van der Waals surface area (Å²) in [5.41, 5.74) is 4.80. The molecule has 1 amide bonds. The van der Waals surface area contributed by atoms with Gasteiger partial charge in [0.15, 0.2) is 5.69 Å². The molecule has 18 heavy (non-hydrogen) atoms. The Morgan fingerprint density at radius 2 is 2.28 bits per heavy atom. The number of carboxylic acids is 1. The summed E-state index contributed by atoms with van der Waals surface area (Å²) in [7, 11) is 0. The van der Waals surface area contributed by atoms with Gasteiger partial charge < -0.3 is 20.9 Å². The SMILES string of the molecule is NC(=O)COCCNCCn1cc(C(=O)O)nn1. The van der Waals surface area contributed by atoms with Gasteiger partial charge in [-0.15, -0.1) is 5.10 Å². The highest BCUT2D eigenvalue weighted by Gasteiger charge is 2.07. The molecule has 0 bridgehead atoms. The molecule has 0 aliphatic carbocycles. The summed E-state index contributed by atoms with van der Waals surface area (Å²) in [6.07, 6.45) is 1.35. The monoisotopic (exact) mass is 257 g/mol. The van der Waals surface area contributed by atoms with Gasteiger partial charge in [-0.3, -0.25) is 9.48 Å². The zero-order valence-corrected chi connectivity index (χ0v) is 9.70. The number of nitrogens with two attached hydrogens (primary N) is 1. The Balaban J connectivity index is 2.07. The topological polar surface area (TPSA) is 132 Å². The van der Waals surface area contributed by atoms with E-state index < -0.39 is 11.9 Å². The molecule has 0 aliphatic rings. The van der Waals surface area contributed by atoms with Crippen LogP contribution in [0.5, 0.6) is 0 Å². The first kappa shape index (κ1) is 14.1. The normalized spacial score (nSPS) is 10.4. The summed E-state index contributed by atoms with van der Waals surface area (Å²) in [6, 6.07) is 0. The number of aromatic nitrogens is 3. The van der Waals surface area contributed by atoms with Crippen molar-refractivity contribution in [3.05, 3.63) is 11.9 Å². The predicted octanol–water partition coefficient (Wildman–Crippen LogP) is -1.93. The Morgan fingerprint density at radius 3 is 2.89 bits per heavy atom. The molecule has 0 aliphatic heterocycles. The average molecular weight is 257 g/mol. The van der Waals surface area contributed by atoms with Crippen molar-refractivity contribution in [3.63, 3.8) is 0 Å². The Morgan fingerprint density at radius 1 is 1.50 bits per heavy atom. The number of nitrogens with zero attached hydrogens (tertiary/aromatic N) is 3. The third kappa shape index (κ3) is 5.37. The first-order valence-electron chi connectivity index (χ1n) is 5.30. The molecule has 4 N–H and O–H groups in total. The molecule has 1 rings (SSSR count). The Hall–Kier alpha value is -2.00. The molecule has 1 aromatic rings. The number of carbonyl (C=O) groups excluding carboxylic acids is 1. The van der Waals surface area contributed by atoms with Crippen LogP contribution in [0.2, 0.25) is 0 Å². The molecule has 0 atom stereocenters. The van der Waals surface area contributed by atoms with Crippen molar-refractivity contribution in [1.29, 1.82) is 0 Å². The highest BCUT2D eigenvalue weighted by molar-refractivity contribution is 5.84. The van der Waals surface area contributed by atoms with Crippen LogP contribution in [-0.2, 0) is 16.1 Å². The molecule has 0 aromatic carbocycles. The smallest absolute Gasteiger partial charge is 0.358 e. The standard InChI is InChI=1S/C9H15N5O4/c10-8(15)6-18-4-2-11-1-3-14-5-7(9(16)17)12-13-14/h5,11H,1-4,6H2,(H2,10,15)(H,16,17). The van der Waals surface area contributed by atoms with Crippen LogP contribution in [0.3, 0.4) is 0 Å². The number of aromatic carboxylic acids is 1. The number of amides is 1. The Kier molecular flexibility index (Phi) is 5.74. The number of carbonyl (C=O) groups is 2. The van der Waals surface area contributed by atoms with Gasteiger partial charge in [-0.05, 0) is 0 Å². The third-order valence-electron chi connectivity index (χ3n) is 1.94. The summed E-state index contributed by atoms with van der Waals surface area (Å²) < 4.78 is 6.36. The number of rotatable bonds is 9. The second-order valence-corrected chi connectivity index (χ2v) is 3.44. The molecule has 0 unspecified atom stereocenters. The second kappa shape index (κ2) is 7.35. The lowest BCUT2D eigenvalue weighted by atomic mass is 10.5. The van der Waals surface area contributed by atoms with Crippen LogP contribution in [0.25, 0.3) is 0 Å². The molecule has 100 valence electrons. The van der Waals surface area contributed by atoms with Crippen LogP contribution in [0.1, 0.15) is 10.5 Å². The highest BCUT2D eigenvalue weighted by atomic mass is 16.5. The minimum Gasteiger partial charge on any atom is -0.476 e. The fraction of sp³-hybridized carbons (Fsp3) is 0.556. The van der Waals surface area contributed by atoms with Gasteiger partial charge in [-0.1, -0.05) is 5.21 Å². The second-order valence-electron chi connectivity index (χ2n) is 3.44. The van der Waals surface area contributed by atoms with Gasteiger partial charge >= 0.3 is 5.97 Å². The summed E-state index contributed by atoms with van der Waals surface area (Å²) >= 11 is 0. The van der Waals surface area contributed by atoms with Crippen LogP contribution in [0, 0.1) is 0 Å². The first-order chi connectivity index (χ1) is 8.59. The molecule has 1 heterocycles. The lowest BCUT2D eigenvalue weighted by Gasteiger charge is -2.04. The molecule has 9 nitrogen and oxygen atoms in total. The van der Waals surface area contributed by atoms with Crippen molar-refractivity contribution < 1.29 is 19.4 Å². The number of carboxylic acid groups (broad SMARTS) is 1. The van der Waals surface area contributed by atoms with Crippen molar-refractivity contribution in [2.24, 2.45) is 5.73 Å². The van der Waals surface area contributed by atoms with E-state index in [2.05, 4.69) is 15.6 Å². The highest BCUT2D eigenvalue weighted by Crippen LogP contribution is 1.91. The fourth-order valence-electron chi connectivity index (χ4n) is 1.14. The van der Waals surface area contributed by atoms with Crippen molar-refractivity contribution in [3.8, 4) is 0 Å². The molecule has 1 aromatic heterocycles. The molecule has 0 saturated heterocycles. The number of primary amides is 1. The fourth-order valence-corrected chi connectivity index (χ4v) is 1.14. The predicted molar refractivity (Wildman–Crippen MR) is 59.9 cm³/mol. The van der Waals surface area contributed by atoms with Crippen LogP contribution in [0.15, 0.2) is 6.20 Å². The summed E-state index contributed by atoms with van der Waals surface area (Å²) in [5.74, 6) is -1.60. The summed E-state index contributed by atoms with van der Waals surface area (Å²) in [5, 5.41) is 18.8. The maximum absolute atomic E-state index is 10.5. The molecule has 9 heteroatoms. The van der Waals surface area contributed by atoms with Gasteiger partial charge in [0.2, 0.25) is 5.91 Å². The largest absolute Gasteiger partial charge is 0.476 e. The maximum atomic E-state index is 10.5. The molecule has 0 radical (unpaired) electrons. The van der Waals surface area contributed by atoms with Crippen molar-refractivity contribution >= 4 is 11.9 Å². The summed E-state index contributed by atoms with van der Waals surface area (Å²) in [4.78, 5) is 20.9. The van der Waals surface area contributed by atoms with Crippen LogP contribution >= 0.6 is 0 Å². The zero-order valence-electron chi connectivity index (χ0n) is 9.70. The lowest BCUT2D eigenvalue weighted by molar-refractivity contribution is -0.122. The van der Waals surface area contributed by atoms with Crippen molar-refractivity contribution in [2.75, 3.05) is 26.3 Å². The number of nitrogens with one attached hydrogen (secondary N) is 1. The van der Waals surface area contributed by atoms with E-state index in [1.165, 1.54) is 10.9 Å². The zero-order chi connectivity index (χ0) is 13.4. The van der Waals surface area contributed by atoms with E-state index in [4.69, 9.17) is 15.6 Å². The van der Waals surface area contributed by atoms with Gasteiger partial charge in [0, 0.05) is 13.1 Å². The van der Waals surface area contributed by atoms with Crippen LogP contribution in [0.4, 0.5) is 0 Å². The van der Waals surface area contributed by atoms with E-state index in [1.54, 1.807) is 0 Å². The average Bonchev–Trinajstić information content (AvgIpc) is 2.76. The Labute approximate surface area is 103 Å². The minimum atomic E-state index is -1.10. The van der Waals surface area contributed by atoms with E-state index in [9.17, 15) is 9.59 Å². The molecule has 0 spiro atoms. The third-order valence-corrected chi connectivity index (χ3v) is 1.94. The van der Waals surface area contributed by atoms with Gasteiger partial charge in [-0.25, -0.2) is 4.79 Å². The van der Waals surface area contributed by atoms with E-state index in [0.29, 0.717) is 26.2 Å². The van der Waals surface area contributed by atoms with E-state index >= 15 is 0 Å². The Bertz CT molecular complexity index is 405. The molecular formula is C9H15N5O4.